The minimum Gasteiger partial charge on any atom is -0.478 e. The van der Waals surface area contributed by atoms with E-state index in [1.807, 2.05) is 55.6 Å². The number of nitrogens with one attached hydrogen (secondary N) is 1. The van der Waals surface area contributed by atoms with Gasteiger partial charge >= 0.3 is 6.18 Å². The molecule has 1 aliphatic carbocycles. The van der Waals surface area contributed by atoms with Gasteiger partial charge in [-0.3, -0.25) is 19.6 Å². The predicted molar refractivity (Wildman–Crippen MR) is 191 cm³/mol. The third-order valence-corrected chi connectivity index (χ3v) is 8.99. The molecular formula is C36H44ClF3N8O3. The van der Waals surface area contributed by atoms with Crippen LogP contribution in [0.1, 0.15) is 43.5 Å². The summed E-state index contributed by atoms with van der Waals surface area (Å²) in [5.74, 6) is -1.77. The average Bonchev–Trinajstić information content (AvgIpc) is 3.62. The largest absolute Gasteiger partial charge is 0.478 e. The van der Waals surface area contributed by atoms with Crippen LogP contribution in [0.4, 0.5) is 18.9 Å². The number of halogens is 4. The summed E-state index contributed by atoms with van der Waals surface area (Å²) in [7, 11) is 4.02. The van der Waals surface area contributed by atoms with Crippen molar-refractivity contribution in [3.8, 4) is 28.4 Å². The van der Waals surface area contributed by atoms with Crippen molar-refractivity contribution < 1.29 is 27.5 Å². The molecule has 5 rings (SSSR count). The lowest BCUT2D eigenvalue weighted by atomic mass is 9.81. The number of primary amides is 1. The van der Waals surface area contributed by atoms with Gasteiger partial charge in [-0.05, 0) is 100 Å². The number of carbonyl (C=O) groups is 2. The molecular weight excluding hydrogens is 685 g/mol. The van der Waals surface area contributed by atoms with Gasteiger partial charge in [0.1, 0.15) is 6.04 Å². The zero-order chi connectivity index (χ0) is 35.8. The molecule has 0 radical (unpaired) electrons. The lowest BCUT2D eigenvalue weighted by molar-refractivity contribution is -0.144. The van der Waals surface area contributed by atoms with Gasteiger partial charge in [-0.1, -0.05) is 24.3 Å². The van der Waals surface area contributed by atoms with Gasteiger partial charge in [-0.15, -0.1) is 12.4 Å². The Morgan fingerprint density at radius 1 is 1.00 bits per heavy atom. The second kappa shape index (κ2) is 17.6. The SMILES string of the molecule is CN(C)CCCOc1ccc(-c2cccc(C[C@@H](C(N)=O)N(C(=O)C3CCC(CN)CC3)c3ccc(-c4n[nH]c(C(F)(F)F)n4)cc3)c2)cn1.Cl. The number of anilines is 1. The van der Waals surface area contributed by atoms with Gasteiger partial charge in [0.15, 0.2) is 5.82 Å². The van der Waals surface area contributed by atoms with Crippen LogP contribution in [0.3, 0.4) is 0 Å². The number of aromatic nitrogens is 4. The van der Waals surface area contributed by atoms with Crippen LogP contribution < -0.4 is 21.1 Å². The van der Waals surface area contributed by atoms with Gasteiger partial charge in [0, 0.05) is 48.0 Å². The molecule has 1 atom stereocenters. The number of rotatable bonds is 14. The molecule has 51 heavy (non-hydrogen) atoms. The third kappa shape index (κ3) is 10.3. The summed E-state index contributed by atoms with van der Waals surface area (Å²) < 4.78 is 45.1. The van der Waals surface area contributed by atoms with E-state index < -0.39 is 23.9 Å². The first-order chi connectivity index (χ1) is 23.9. The molecule has 11 nitrogen and oxygen atoms in total. The number of hydrogen-bond donors (Lipinski definition) is 3. The first-order valence-corrected chi connectivity index (χ1v) is 16.7. The summed E-state index contributed by atoms with van der Waals surface area (Å²) in [6.07, 6.45) is 0.891. The summed E-state index contributed by atoms with van der Waals surface area (Å²) >= 11 is 0. The van der Waals surface area contributed by atoms with Crippen LogP contribution in [0, 0.1) is 11.8 Å². The minimum absolute atomic E-state index is 0. The monoisotopic (exact) mass is 728 g/mol. The van der Waals surface area contributed by atoms with E-state index in [-0.39, 0.29) is 36.5 Å². The van der Waals surface area contributed by atoms with Crippen molar-refractivity contribution in [2.75, 3.05) is 38.7 Å². The highest BCUT2D eigenvalue weighted by molar-refractivity contribution is 6.01. The van der Waals surface area contributed by atoms with Crippen molar-refractivity contribution in [3.63, 3.8) is 0 Å². The molecule has 2 aromatic heterocycles. The lowest BCUT2D eigenvalue weighted by Crippen LogP contribution is -2.52. The molecule has 274 valence electrons. The summed E-state index contributed by atoms with van der Waals surface area (Å²) in [6, 6.07) is 16.5. The molecule has 0 unspecified atom stereocenters. The number of pyridine rings is 1. The van der Waals surface area contributed by atoms with E-state index in [0.29, 0.717) is 49.0 Å². The van der Waals surface area contributed by atoms with Crippen molar-refractivity contribution in [1.29, 1.82) is 0 Å². The molecule has 1 fully saturated rings. The van der Waals surface area contributed by atoms with Crippen LogP contribution in [0.5, 0.6) is 5.88 Å². The zero-order valence-electron chi connectivity index (χ0n) is 28.6. The maximum atomic E-state index is 14.3. The van der Waals surface area contributed by atoms with Crippen LogP contribution in [-0.2, 0) is 22.2 Å². The van der Waals surface area contributed by atoms with Gasteiger partial charge in [-0.2, -0.15) is 18.3 Å². The Labute approximate surface area is 301 Å². The molecule has 0 aliphatic heterocycles. The van der Waals surface area contributed by atoms with E-state index in [1.165, 1.54) is 17.0 Å². The highest BCUT2D eigenvalue weighted by Crippen LogP contribution is 2.34. The van der Waals surface area contributed by atoms with Crippen LogP contribution in [0.25, 0.3) is 22.5 Å². The Kier molecular flexibility index (Phi) is 13.6. The fraction of sp³-hybridized carbons (Fsp3) is 0.417. The molecule has 4 aromatic rings. The van der Waals surface area contributed by atoms with E-state index in [9.17, 15) is 22.8 Å². The van der Waals surface area contributed by atoms with Crippen molar-refractivity contribution in [2.24, 2.45) is 23.3 Å². The molecule has 2 heterocycles. The van der Waals surface area contributed by atoms with Crippen LogP contribution in [-0.4, -0.2) is 76.7 Å². The van der Waals surface area contributed by atoms with Crippen molar-refractivity contribution in [3.05, 3.63) is 78.2 Å². The maximum Gasteiger partial charge on any atom is 0.451 e. The fourth-order valence-corrected chi connectivity index (χ4v) is 6.21. The first kappa shape index (κ1) is 39.3. The normalized spacial score (nSPS) is 16.7. The molecule has 15 heteroatoms. The number of ether oxygens (including phenoxy) is 1. The van der Waals surface area contributed by atoms with E-state index in [4.69, 9.17) is 16.2 Å². The number of aromatic amines is 1. The van der Waals surface area contributed by atoms with Gasteiger partial charge in [0.2, 0.25) is 23.5 Å². The van der Waals surface area contributed by atoms with E-state index in [2.05, 4.69) is 20.0 Å². The van der Waals surface area contributed by atoms with Gasteiger partial charge in [0.05, 0.1) is 6.61 Å². The van der Waals surface area contributed by atoms with E-state index >= 15 is 0 Å². The molecule has 1 aliphatic rings. The van der Waals surface area contributed by atoms with Crippen LogP contribution in [0.2, 0.25) is 0 Å². The minimum atomic E-state index is -4.68. The molecule has 5 N–H and O–H groups in total. The van der Waals surface area contributed by atoms with E-state index in [0.717, 1.165) is 42.5 Å². The molecule has 0 bridgehead atoms. The number of alkyl halides is 3. The summed E-state index contributed by atoms with van der Waals surface area (Å²) in [6.45, 7) is 2.01. The maximum absolute atomic E-state index is 14.3. The van der Waals surface area contributed by atoms with Crippen LogP contribution >= 0.6 is 12.4 Å². The second-order valence-corrected chi connectivity index (χ2v) is 12.9. The number of nitrogens with two attached hydrogens (primary N) is 2. The molecule has 2 amide bonds. The average molecular weight is 729 g/mol. The quantitative estimate of drug-likeness (QED) is 0.144. The Hall–Kier alpha value is -4.53. The smallest absolute Gasteiger partial charge is 0.451 e. The Morgan fingerprint density at radius 3 is 2.29 bits per heavy atom. The Bertz CT molecular complexity index is 1730. The topological polar surface area (TPSA) is 156 Å². The fourth-order valence-electron chi connectivity index (χ4n) is 6.21. The number of hydrogen-bond acceptors (Lipinski definition) is 8. The highest BCUT2D eigenvalue weighted by Gasteiger charge is 2.37. The van der Waals surface area contributed by atoms with Gasteiger partial charge in [-0.25, -0.2) is 9.97 Å². The Morgan fingerprint density at radius 2 is 1.71 bits per heavy atom. The van der Waals surface area contributed by atoms with Crippen molar-refractivity contribution >= 4 is 29.9 Å². The number of nitrogens with zero attached hydrogens (tertiary/aromatic N) is 5. The molecule has 1 saturated carbocycles. The Balaban J connectivity index is 0.00000583. The zero-order valence-corrected chi connectivity index (χ0v) is 29.4. The lowest BCUT2D eigenvalue weighted by Gasteiger charge is -2.35. The standard InChI is InChI=1S/C36H43F3N8O3.ClH/c1-46(2)17-4-18-50-31-16-13-28(22-42-31)27-6-3-5-24(19-27)20-30(32(41)48)47(34(49)26-9-7-23(21-40)8-10-26)29-14-11-25(12-15-29)33-43-35(45-44-33)36(37,38)39;/h3,5-6,11-16,19,22-23,26,30H,4,7-10,17-18,20-21,40H2,1-2H3,(H2,41,48)(H,43,44,45);1H/t23?,26?,30-;/m0./s1. The van der Waals surface area contributed by atoms with Crippen molar-refractivity contribution in [1.82, 2.24) is 25.1 Å². The number of benzene rings is 2. The third-order valence-electron chi connectivity index (χ3n) is 8.99. The van der Waals surface area contributed by atoms with E-state index in [1.54, 1.807) is 18.3 Å². The number of H-pyrrole nitrogens is 1. The van der Waals surface area contributed by atoms with Gasteiger partial charge in [0.25, 0.3) is 0 Å². The number of carbonyl (C=O) groups excluding carboxylic acids is 2. The molecule has 2 aromatic carbocycles. The van der Waals surface area contributed by atoms with Crippen LogP contribution in [0.15, 0.2) is 66.9 Å². The second-order valence-electron chi connectivity index (χ2n) is 12.9. The van der Waals surface area contributed by atoms with Gasteiger partial charge < -0.3 is 21.1 Å². The summed E-state index contributed by atoms with van der Waals surface area (Å²) in [4.78, 5) is 39.0. The molecule has 0 spiro atoms. The summed E-state index contributed by atoms with van der Waals surface area (Å²) in [5, 5.41) is 5.61. The summed E-state index contributed by atoms with van der Waals surface area (Å²) in [5.41, 5.74) is 15.1. The highest BCUT2D eigenvalue weighted by atomic mass is 35.5. The predicted octanol–water partition coefficient (Wildman–Crippen LogP) is 5.50. The first-order valence-electron chi connectivity index (χ1n) is 16.7. The number of amides is 2. The van der Waals surface area contributed by atoms with Crippen molar-refractivity contribution in [2.45, 2.75) is 50.7 Å². The molecule has 0 saturated heterocycles.